The lowest BCUT2D eigenvalue weighted by molar-refractivity contribution is -0.576. The van der Waals surface area contributed by atoms with Crippen LogP contribution in [0.15, 0.2) is 30.5 Å². The molecule has 1 unspecified atom stereocenters. The highest BCUT2D eigenvalue weighted by Crippen LogP contribution is 2.60. The van der Waals surface area contributed by atoms with Crippen LogP contribution in [0.1, 0.15) is 64.9 Å². The molecule has 1 aliphatic carbocycles. The lowest BCUT2D eigenvalue weighted by Gasteiger charge is -2.59. The number of carbonyl (C=O) groups is 3. The highest BCUT2D eigenvalue weighted by molar-refractivity contribution is 5.88. The number of hydrogen-bond donors (Lipinski definition) is 2. The Kier molecular flexibility index (Phi) is 7.80. The third kappa shape index (κ3) is 5.10. The number of ether oxygens (including phenoxy) is 4. The molecule has 2 N–H and O–H groups in total. The summed E-state index contributed by atoms with van der Waals surface area (Å²) in [6.07, 6.45) is 3.70. The minimum atomic E-state index is -0.923. The van der Waals surface area contributed by atoms with Gasteiger partial charge < -0.3 is 29.2 Å². The fourth-order valence-electron chi connectivity index (χ4n) is 7.53. The molecule has 4 saturated heterocycles. The summed E-state index contributed by atoms with van der Waals surface area (Å²) >= 11 is 0. The van der Waals surface area contributed by atoms with Crippen LogP contribution >= 0.6 is 0 Å². The van der Waals surface area contributed by atoms with E-state index in [9.17, 15) is 14.4 Å². The first-order chi connectivity index (χ1) is 20.1. The Balaban J connectivity index is 1.07. The van der Waals surface area contributed by atoms with E-state index in [4.69, 9.17) is 28.7 Å². The average Bonchev–Trinajstić information content (AvgIpc) is 3.24. The summed E-state index contributed by atoms with van der Waals surface area (Å²) in [5.41, 5.74) is 1.06. The number of carbonyl (C=O) groups excluding carboxylic acids is 3. The standard InChI is InChI=1S/C31H40N2O9/c1-17-9-10-22-18(2)28(39-29-31(22)21(17)13-14-30(3,40-29)41-42-31)38-26(35)12-11-25(34)33-24(27(36)37-4)15-19-16-32-23-8-6-5-7-20(19)23/h5-8,16-18,21-22,24,28-29,32H,9-15H2,1-4H3,(H,33,34)/t17-,18-,21+,22+,24+,28-,29-,30+,31?/m1/s1. The van der Waals surface area contributed by atoms with Crippen LogP contribution in [0.4, 0.5) is 0 Å². The van der Waals surface area contributed by atoms with Crippen LogP contribution in [-0.2, 0) is 49.5 Å². The number of para-hydroxylation sites is 1. The molecule has 5 aliphatic rings. The summed E-state index contributed by atoms with van der Waals surface area (Å²) in [5, 5.41) is 3.68. The molecular weight excluding hydrogens is 544 g/mol. The van der Waals surface area contributed by atoms with Crippen molar-refractivity contribution < 1.29 is 43.1 Å². The van der Waals surface area contributed by atoms with Crippen LogP contribution in [0, 0.1) is 23.7 Å². The topological polar surface area (TPSA) is 134 Å². The van der Waals surface area contributed by atoms with Gasteiger partial charge in [0.25, 0.3) is 0 Å². The van der Waals surface area contributed by atoms with Gasteiger partial charge in [-0.2, -0.15) is 0 Å². The molecular formula is C31H40N2O9. The van der Waals surface area contributed by atoms with Crippen molar-refractivity contribution in [2.24, 2.45) is 23.7 Å². The minimum absolute atomic E-state index is 0.0199. The van der Waals surface area contributed by atoms with Crippen molar-refractivity contribution in [3.8, 4) is 0 Å². The van der Waals surface area contributed by atoms with Crippen LogP contribution in [0.25, 0.3) is 10.9 Å². The van der Waals surface area contributed by atoms with E-state index in [-0.39, 0.29) is 37.0 Å². The number of aromatic amines is 1. The fourth-order valence-corrected chi connectivity index (χ4v) is 7.53. The molecule has 42 heavy (non-hydrogen) atoms. The van der Waals surface area contributed by atoms with Crippen molar-refractivity contribution in [2.75, 3.05) is 7.11 Å². The molecule has 7 rings (SSSR count). The van der Waals surface area contributed by atoms with Gasteiger partial charge >= 0.3 is 11.9 Å². The zero-order valence-corrected chi connectivity index (χ0v) is 24.6. The van der Waals surface area contributed by atoms with E-state index in [2.05, 4.69) is 17.2 Å². The van der Waals surface area contributed by atoms with Crippen LogP contribution in [0.2, 0.25) is 0 Å². The predicted octanol–water partition coefficient (Wildman–Crippen LogP) is 3.90. The Labute approximate surface area is 244 Å². The third-order valence-corrected chi connectivity index (χ3v) is 9.82. The van der Waals surface area contributed by atoms with E-state index in [0.29, 0.717) is 12.3 Å². The molecule has 1 aromatic heterocycles. The normalized spacial score (nSPS) is 36.0. The Hall–Kier alpha value is -2.99. The number of amides is 1. The van der Waals surface area contributed by atoms with Gasteiger partial charge in [0, 0.05) is 48.2 Å². The Morgan fingerprint density at radius 2 is 1.90 bits per heavy atom. The molecule has 1 spiro atoms. The second-order valence-corrected chi connectivity index (χ2v) is 12.5. The summed E-state index contributed by atoms with van der Waals surface area (Å²) in [5.74, 6) is -2.01. The molecule has 0 radical (unpaired) electrons. The quantitative estimate of drug-likeness (QED) is 0.350. The number of methoxy groups -OCH3 is 1. The van der Waals surface area contributed by atoms with Crippen LogP contribution < -0.4 is 5.32 Å². The van der Waals surface area contributed by atoms with Crippen molar-refractivity contribution in [1.82, 2.24) is 10.3 Å². The number of H-pyrrole nitrogens is 1. The first-order valence-corrected chi connectivity index (χ1v) is 15.0. The zero-order valence-electron chi connectivity index (χ0n) is 24.6. The van der Waals surface area contributed by atoms with Gasteiger partial charge in [-0.1, -0.05) is 32.0 Å². The monoisotopic (exact) mass is 584 g/mol. The number of hydrogen-bond acceptors (Lipinski definition) is 9. The second-order valence-electron chi connectivity index (χ2n) is 12.5. The van der Waals surface area contributed by atoms with Gasteiger partial charge in [0.2, 0.25) is 18.0 Å². The summed E-state index contributed by atoms with van der Waals surface area (Å²) < 4.78 is 23.3. The molecule has 5 heterocycles. The van der Waals surface area contributed by atoms with Gasteiger partial charge in [0.15, 0.2) is 11.9 Å². The second kappa shape index (κ2) is 11.3. The van der Waals surface area contributed by atoms with Crippen molar-refractivity contribution in [1.29, 1.82) is 0 Å². The van der Waals surface area contributed by atoms with Gasteiger partial charge in [0.05, 0.1) is 13.5 Å². The molecule has 1 saturated carbocycles. The third-order valence-electron chi connectivity index (χ3n) is 9.82. The van der Waals surface area contributed by atoms with Gasteiger partial charge in [0.1, 0.15) is 6.04 Å². The van der Waals surface area contributed by atoms with E-state index in [1.807, 2.05) is 44.3 Å². The molecule has 2 aromatic rings. The van der Waals surface area contributed by atoms with Crippen molar-refractivity contribution in [3.63, 3.8) is 0 Å². The van der Waals surface area contributed by atoms with Crippen LogP contribution in [-0.4, -0.2) is 59.9 Å². The van der Waals surface area contributed by atoms with Crippen LogP contribution in [0.5, 0.6) is 0 Å². The number of nitrogens with one attached hydrogen (secondary N) is 2. The molecule has 1 aromatic carbocycles. The summed E-state index contributed by atoms with van der Waals surface area (Å²) in [4.78, 5) is 53.4. The molecule has 2 bridgehead atoms. The van der Waals surface area contributed by atoms with Crippen molar-refractivity contribution in [2.45, 2.75) is 95.7 Å². The molecule has 1 amide bonds. The maximum Gasteiger partial charge on any atom is 0.328 e. The average molecular weight is 585 g/mol. The lowest BCUT2D eigenvalue weighted by Crippen LogP contribution is -2.70. The minimum Gasteiger partial charge on any atom is -0.467 e. The summed E-state index contributed by atoms with van der Waals surface area (Å²) in [6.45, 7) is 6.09. The largest absolute Gasteiger partial charge is 0.467 e. The maximum absolute atomic E-state index is 12.9. The molecule has 228 valence electrons. The molecule has 4 aliphatic heterocycles. The lowest BCUT2D eigenvalue weighted by atomic mass is 9.58. The van der Waals surface area contributed by atoms with Crippen molar-refractivity contribution >= 4 is 28.7 Å². The number of rotatable bonds is 8. The van der Waals surface area contributed by atoms with E-state index >= 15 is 0 Å². The van der Waals surface area contributed by atoms with Gasteiger partial charge in [-0.3, -0.25) is 9.59 Å². The van der Waals surface area contributed by atoms with Gasteiger partial charge in [-0.15, -0.1) is 0 Å². The Morgan fingerprint density at radius 1 is 1.10 bits per heavy atom. The molecule has 9 atom stereocenters. The Morgan fingerprint density at radius 3 is 2.71 bits per heavy atom. The smallest absolute Gasteiger partial charge is 0.328 e. The predicted molar refractivity (Wildman–Crippen MR) is 148 cm³/mol. The van der Waals surface area contributed by atoms with E-state index in [0.717, 1.165) is 35.7 Å². The summed E-state index contributed by atoms with van der Waals surface area (Å²) in [7, 11) is 1.28. The number of fused-ring (bicyclic) bond motifs is 3. The summed E-state index contributed by atoms with van der Waals surface area (Å²) in [6, 6.07) is 6.81. The van der Waals surface area contributed by atoms with Crippen molar-refractivity contribution in [3.05, 3.63) is 36.0 Å². The maximum atomic E-state index is 12.9. The van der Waals surface area contributed by atoms with Gasteiger partial charge in [-0.05, 0) is 49.7 Å². The van der Waals surface area contributed by atoms with Crippen LogP contribution in [0.3, 0.4) is 0 Å². The molecule has 5 fully saturated rings. The number of esters is 2. The van der Waals surface area contributed by atoms with E-state index < -0.39 is 47.9 Å². The number of benzene rings is 1. The fraction of sp³-hybridized carbons (Fsp3) is 0.645. The zero-order chi connectivity index (χ0) is 29.6. The highest BCUT2D eigenvalue weighted by Gasteiger charge is 2.69. The highest BCUT2D eigenvalue weighted by atomic mass is 17.3. The molecule has 11 heteroatoms. The van der Waals surface area contributed by atoms with Gasteiger partial charge in [-0.25, -0.2) is 14.6 Å². The molecule has 11 nitrogen and oxygen atoms in total. The van der Waals surface area contributed by atoms with E-state index in [1.54, 1.807) is 0 Å². The first kappa shape index (κ1) is 29.1. The number of aromatic nitrogens is 1. The van der Waals surface area contributed by atoms with E-state index in [1.165, 1.54) is 7.11 Å². The Bertz CT molecular complexity index is 1340. The SMILES string of the molecule is COC(=O)[C@H](Cc1c[nH]c2ccccc12)NC(=O)CCC(=O)O[C@@H]1O[C@@H]2O[C@]3(C)CC[C@H]4[C@H](C)CC[C@@H]([C@H]1C)C24OO3. The first-order valence-electron chi connectivity index (χ1n) is 15.0.